The number of benzene rings is 1. The van der Waals surface area contributed by atoms with E-state index in [9.17, 15) is 92.2 Å². The molecule has 3 fully saturated rings. The van der Waals surface area contributed by atoms with Crippen LogP contribution in [-0.2, 0) is 37.9 Å². The Hall–Kier alpha value is -3.61. The molecule has 0 spiro atoms. The third kappa shape index (κ3) is 16.6. The van der Waals surface area contributed by atoms with Gasteiger partial charge in [-0.2, -0.15) is 92.2 Å². The van der Waals surface area contributed by atoms with E-state index in [1.54, 1.807) is 14.2 Å². The van der Waals surface area contributed by atoms with Crippen LogP contribution in [0.2, 0.25) is 0 Å². The topological polar surface area (TPSA) is 73.8 Å². The molecule has 3 saturated carbocycles. The Morgan fingerprint density at radius 3 is 1.19 bits per heavy atom. The minimum atomic E-state index is -9.13. The number of hydrogen-bond donors (Lipinski definition) is 0. The van der Waals surface area contributed by atoms with E-state index in [2.05, 4.69) is 61.2 Å². The van der Waals surface area contributed by atoms with Crippen molar-refractivity contribution in [2.45, 2.75) is 98.0 Å². The molecule has 29 heteroatoms. The van der Waals surface area contributed by atoms with E-state index < -0.39 is 90.1 Å². The number of fused-ring (bicyclic) bond motifs is 4. The van der Waals surface area contributed by atoms with E-state index in [0.717, 1.165) is 49.9 Å². The average molecular weight is 1260 g/mol. The highest BCUT2D eigenvalue weighted by Gasteiger charge is 2.98. The standard InChI is InChI=1S/C23H34O4.C17H9F21.C15H26O4/c1-3-20-17-22(10-9-21-7-5-4-6-8-21)23(18-20)19-27-16-15-26-14-13-25-12-11-24-2;18-8(19,7-4-5-1-2-6(7)3-5)9(20,21)10(22,23)11(24,25)12(26,27)13(28,29)14(30,31)15(32,33)16(34,35)17(36,37)38;1-16-4-5-17-6-7-18-8-9-19-12-15-11-13-2-3-14(15)10-13/h3-10,20,22-23H,1,11-19H2,2H3;1-2,5-7H,3-4H2;2-3,13-15H,4-12H2,1H3/b10-9-;;. The van der Waals surface area contributed by atoms with E-state index in [1.165, 1.54) is 18.4 Å². The van der Waals surface area contributed by atoms with Crippen molar-refractivity contribution in [3.05, 3.63) is 78.9 Å². The van der Waals surface area contributed by atoms with Crippen LogP contribution in [0.4, 0.5) is 92.2 Å². The van der Waals surface area contributed by atoms with E-state index in [0.29, 0.717) is 103 Å². The summed E-state index contributed by atoms with van der Waals surface area (Å²) in [6.45, 7) is 13.2. The Labute approximate surface area is 472 Å². The molecule has 5 aliphatic rings. The van der Waals surface area contributed by atoms with Crippen molar-refractivity contribution in [1.82, 2.24) is 0 Å². The fourth-order valence-corrected chi connectivity index (χ4v) is 10.3. The summed E-state index contributed by atoms with van der Waals surface area (Å²) in [4.78, 5) is 0. The number of halogens is 21. The average Bonchev–Trinajstić information content (AvgIpc) is 0.796. The van der Waals surface area contributed by atoms with Crippen LogP contribution in [0.5, 0.6) is 0 Å². The number of alkyl halides is 21. The third-order valence-corrected chi connectivity index (χ3v) is 15.2. The molecular formula is C55H69F21O8. The number of hydrogen-bond acceptors (Lipinski definition) is 8. The number of methoxy groups -OCH3 is 2. The molecule has 0 aliphatic heterocycles. The summed E-state index contributed by atoms with van der Waals surface area (Å²) in [6.07, 6.45) is 8.55. The van der Waals surface area contributed by atoms with Gasteiger partial charge in [-0.1, -0.05) is 72.9 Å². The molecule has 5 aliphatic carbocycles. The van der Waals surface area contributed by atoms with Crippen LogP contribution >= 0.6 is 0 Å². The van der Waals surface area contributed by atoms with Gasteiger partial charge in [0.15, 0.2) is 0 Å². The Morgan fingerprint density at radius 2 is 0.810 bits per heavy atom. The summed E-state index contributed by atoms with van der Waals surface area (Å²) in [6, 6.07) is 10.5. The number of rotatable bonds is 34. The van der Waals surface area contributed by atoms with Crippen LogP contribution in [0.1, 0.15) is 44.1 Å². The van der Waals surface area contributed by atoms with Gasteiger partial charge in [-0.05, 0) is 91.4 Å². The Kier molecular flexibility index (Phi) is 26.5. The Morgan fingerprint density at radius 1 is 0.417 bits per heavy atom. The van der Waals surface area contributed by atoms with Crippen molar-refractivity contribution >= 4 is 6.08 Å². The SMILES string of the molecule is C=CC1CC(/C=C\c2ccccc2)C(COCCOCCOCCOC)C1.COCCOCCOCCOCC1CC2C=CC1C2.FC(F)(F)C(F)(F)C(F)(F)C(F)(F)C(F)(F)C(F)(F)C(F)(F)C(F)(F)C(F)(F)C(F)(F)C1CC2C=CC1C2. The lowest BCUT2D eigenvalue weighted by molar-refractivity contribution is -0.475. The summed E-state index contributed by atoms with van der Waals surface area (Å²) in [5.41, 5.74) is 1.25. The Bertz CT molecular complexity index is 2210. The quantitative estimate of drug-likeness (QED) is 0.0384. The lowest BCUT2D eigenvalue weighted by Crippen LogP contribution is -2.77. The minimum absolute atomic E-state index is 0.471. The maximum atomic E-state index is 14.3. The summed E-state index contributed by atoms with van der Waals surface area (Å²) < 4.78 is 324. The molecule has 484 valence electrons. The number of ether oxygens (including phenoxy) is 8. The molecule has 0 aromatic heterocycles. The van der Waals surface area contributed by atoms with Crippen molar-refractivity contribution in [2.75, 3.05) is 107 Å². The van der Waals surface area contributed by atoms with Crippen molar-refractivity contribution in [3.63, 3.8) is 0 Å². The lowest BCUT2D eigenvalue weighted by Gasteiger charge is -2.45. The maximum Gasteiger partial charge on any atom is 0.460 e. The molecule has 4 bridgehead atoms. The van der Waals surface area contributed by atoms with E-state index in [-0.39, 0.29) is 0 Å². The first-order valence-electron chi connectivity index (χ1n) is 26.7. The van der Waals surface area contributed by atoms with Crippen molar-refractivity contribution in [3.8, 4) is 0 Å². The highest BCUT2D eigenvalue weighted by molar-refractivity contribution is 5.49. The van der Waals surface area contributed by atoms with Crippen LogP contribution in [0, 0.1) is 53.3 Å². The van der Waals surface area contributed by atoms with Crippen LogP contribution in [0.3, 0.4) is 0 Å². The second-order valence-corrected chi connectivity index (χ2v) is 20.9. The van der Waals surface area contributed by atoms with E-state index in [4.69, 9.17) is 37.9 Å². The van der Waals surface area contributed by atoms with E-state index >= 15 is 0 Å². The van der Waals surface area contributed by atoms with Gasteiger partial charge in [0.05, 0.1) is 92.5 Å². The summed E-state index contributed by atoms with van der Waals surface area (Å²) in [5, 5.41) is 0. The predicted molar refractivity (Wildman–Crippen MR) is 262 cm³/mol. The molecule has 1 aromatic carbocycles. The zero-order valence-corrected chi connectivity index (χ0v) is 45.7. The van der Waals surface area contributed by atoms with Crippen LogP contribution in [-0.4, -0.2) is 166 Å². The smallest absolute Gasteiger partial charge is 0.382 e. The van der Waals surface area contributed by atoms with Gasteiger partial charge in [0, 0.05) is 20.1 Å². The van der Waals surface area contributed by atoms with Gasteiger partial charge in [-0.3, -0.25) is 0 Å². The molecule has 0 heterocycles. The molecule has 6 rings (SSSR count). The van der Waals surface area contributed by atoms with Crippen molar-refractivity contribution in [2.24, 2.45) is 53.3 Å². The van der Waals surface area contributed by atoms with Crippen molar-refractivity contribution < 1.29 is 130 Å². The van der Waals surface area contributed by atoms with Gasteiger partial charge in [0.25, 0.3) is 0 Å². The van der Waals surface area contributed by atoms with Crippen LogP contribution in [0.25, 0.3) is 6.08 Å². The predicted octanol–water partition coefficient (Wildman–Crippen LogP) is 14.6. The second-order valence-electron chi connectivity index (χ2n) is 20.9. The van der Waals surface area contributed by atoms with E-state index in [1.807, 2.05) is 6.07 Å². The summed E-state index contributed by atoms with van der Waals surface area (Å²) in [5.74, 6) is -78.1. The molecule has 0 saturated heterocycles. The second kappa shape index (κ2) is 30.5. The fourth-order valence-electron chi connectivity index (χ4n) is 10.3. The third-order valence-electron chi connectivity index (χ3n) is 15.2. The zero-order chi connectivity index (χ0) is 63.1. The van der Waals surface area contributed by atoms with Gasteiger partial charge in [0.2, 0.25) is 0 Å². The highest BCUT2D eigenvalue weighted by atomic mass is 19.4. The molecule has 9 atom stereocenters. The molecule has 84 heavy (non-hydrogen) atoms. The minimum Gasteiger partial charge on any atom is -0.382 e. The van der Waals surface area contributed by atoms with Gasteiger partial charge in [-0.15, -0.1) is 6.58 Å². The Balaban J connectivity index is 0.000000287. The van der Waals surface area contributed by atoms with Gasteiger partial charge >= 0.3 is 59.5 Å². The first-order valence-corrected chi connectivity index (χ1v) is 26.7. The molecule has 1 aromatic rings. The molecule has 0 radical (unpaired) electrons. The first kappa shape index (κ1) is 72.9. The van der Waals surface area contributed by atoms with Crippen LogP contribution < -0.4 is 0 Å². The molecule has 0 amide bonds. The zero-order valence-electron chi connectivity index (χ0n) is 45.7. The summed E-state index contributed by atoms with van der Waals surface area (Å²) >= 11 is 0. The number of allylic oxidation sites excluding steroid dienone is 6. The molecule has 9 unspecified atom stereocenters. The van der Waals surface area contributed by atoms with Crippen molar-refractivity contribution in [1.29, 1.82) is 0 Å². The highest BCUT2D eigenvalue weighted by Crippen LogP contribution is 2.68. The van der Waals surface area contributed by atoms with Gasteiger partial charge < -0.3 is 37.9 Å². The monoisotopic (exact) mass is 1260 g/mol. The lowest BCUT2D eigenvalue weighted by atomic mass is 9.80. The normalized spacial score (nSPS) is 24.9. The molecular weight excluding hydrogens is 1190 g/mol. The maximum absolute atomic E-state index is 14.3. The summed E-state index contributed by atoms with van der Waals surface area (Å²) in [7, 11) is 3.34. The molecule has 0 N–H and O–H groups in total. The largest absolute Gasteiger partial charge is 0.460 e. The fraction of sp³-hybridized carbons (Fsp3) is 0.745. The van der Waals surface area contributed by atoms with Crippen LogP contribution in [0.15, 0.2) is 73.4 Å². The molecule has 8 nitrogen and oxygen atoms in total. The van der Waals surface area contributed by atoms with Gasteiger partial charge in [0.1, 0.15) is 0 Å². The van der Waals surface area contributed by atoms with Gasteiger partial charge in [-0.25, -0.2) is 0 Å². The first-order chi connectivity index (χ1) is 39.0.